The molecule has 0 saturated heterocycles. The molecule has 11 aromatic rings. The Balaban J connectivity index is 1.06. The average Bonchev–Trinajstić information content (AvgIpc) is 3.84. The lowest BCUT2D eigenvalue weighted by molar-refractivity contribution is 0.797. The summed E-state index contributed by atoms with van der Waals surface area (Å²) in [6, 6.07) is 87.5. The molecule has 4 heteroatoms. The second-order valence-corrected chi connectivity index (χ2v) is 32.0. The fourth-order valence-corrected chi connectivity index (χ4v) is 14.3. The van der Waals surface area contributed by atoms with Gasteiger partial charge in [-0.2, -0.15) is 0 Å². The number of anilines is 6. The van der Waals surface area contributed by atoms with Crippen molar-refractivity contribution in [1.82, 2.24) is 0 Å². The SMILES string of the molecule is C[Si](C)(C)c1cccc(N(c2ccccc2)c2ccc3cc4c(cc3c2)C2(c3cc5cc(N(c6ccccc6)c6cccc([Si](C)(C)C)c6)ccc5cc3-4)c3ccccc3-c3c2ccc2ccccc32)c1. The molecule has 2 aliphatic rings. The summed E-state index contributed by atoms with van der Waals surface area (Å²) < 4.78 is 0. The summed E-state index contributed by atoms with van der Waals surface area (Å²) in [5.74, 6) is 0. The molecule has 2 aliphatic carbocycles. The molecule has 0 aliphatic heterocycles. The minimum absolute atomic E-state index is 0.551. The summed E-state index contributed by atoms with van der Waals surface area (Å²) in [7, 11) is -3.18. The van der Waals surface area contributed by atoms with Crippen LogP contribution in [0, 0.1) is 0 Å². The van der Waals surface area contributed by atoms with Crippen molar-refractivity contribution in [2.24, 2.45) is 0 Å². The number of para-hydroxylation sites is 2. The Hall–Kier alpha value is -7.77. The molecule has 0 fully saturated rings. The van der Waals surface area contributed by atoms with Crippen LogP contribution in [-0.4, -0.2) is 16.1 Å². The van der Waals surface area contributed by atoms with Crippen molar-refractivity contribution in [2.75, 3.05) is 9.80 Å². The predicted molar refractivity (Wildman–Crippen MR) is 311 cm³/mol. The van der Waals surface area contributed by atoms with Crippen molar-refractivity contribution < 1.29 is 0 Å². The molecular formula is C67H56N2Si2. The number of hydrogen-bond donors (Lipinski definition) is 0. The fourth-order valence-electron chi connectivity index (χ4n) is 12.0. The topological polar surface area (TPSA) is 6.48 Å². The third-order valence-corrected chi connectivity index (χ3v) is 19.5. The van der Waals surface area contributed by atoms with Crippen LogP contribution in [0.25, 0.3) is 54.6 Å². The minimum atomic E-state index is -1.59. The van der Waals surface area contributed by atoms with Crippen molar-refractivity contribution in [3.05, 3.63) is 253 Å². The third kappa shape index (κ3) is 6.87. The number of nitrogens with zero attached hydrogens (tertiary/aromatic N) is 2. The standard InChI is InChI=1S/C67H56N2Si2/c1-70(2,3)56-26-17-24-52(43-56)68(50-20-9-7-10-21-50)54-34-31-46-39-60-61-40-47-32-35-55(69(51-22-11-8-12-23-51)53-25-18-27-57(44-53)71(4,5)6)38-49(47)42-65(61)67(64(60)41-48(46)37-54)62-30-16-15-29-59(62)66-58-28-14-13-19-45(58)33-36-63(66)67/h7-44H,1-6H3. The summed E-state index contributed by atoms with van der Waals surface area (Å²) in [5.41, 5.74) is 17.1. The highest BCUT2D eigenvalue weighted by Crippen LogP contribution is 2.65. The van der Waals surface area contributed by atoms with Gasteiger partial charge in [0.05, 0.1) is 21.6 Å². The first-order valence-electron chi connectivity index (χ1n) is 25.2. The van der Waals surface area contributed by atoms with Crippen LogP contribution in [0.3, 0.4) is 0 Å². The van der Waals surface area contributed by atoms with E-state index in [-0.39, 0.29) is 0 Å². The van der Waals surface area contributed by atoms with Crippen LogP contribution < -0.4 is 20.2 Å². The predicted octanol–water partition coefficient (Wildman–Crippen LogP) is 17.5. The monoisotopic (exact) mass is 944 g/mol. The van der Waals surface area contributed by atoms with Gasteiger partial charge in [-0.1, -0.05) is 183 Å². The van der Waals surface area contributed by atoms with Crippen LogP contribution in [0.15, 0.2) is 231 Å². The average molecular weight is 945 g/mol. The Morgan fingerprint density at radius 2 is 0.732 bits per heavy atom. The second-order valence-electron chi connectivity index (χ2n) is 21.8. The first-order chi connectivity index (χ1) is 34.4. The highest BCUT2D eigenvalue weighted by atomic mass is 28.3. The first-order valence-corrected chi connectivity index (χ1v) is 32.2. The molecule has 2 nitrogen and oxygen atoms in total. The van der Waals surface area contributed by atoms with Crippen LogP contribution in [0.2, 0.25) is 39.3 Å². The molecule has 71 heavy (non-hydrogen) atoms. The zero-order valence-corrected chi connectivity index (χ0v) is 43.3. The zero-order chi connectivity index (χ0) is 48.2. The molecule has 13 rings (SSSR count). The van der Waals surface area contributed by atoms with Crippen molar-refractivity contribution >= 4 is 93.0 Å². The van der Waals surface area contributed by atoms with Crippen molar-refractivity contribution in [3.63, 3.8) is 0 Å². The van der Waals surface area contributed by atoms with Crippen LogP contribution in [-0.2, 0) is 5.41 Å². The molecule has 342 valence electrons. The highest BCUT2D eigenvalue weighted by Gasteiger charge is 2.52. The molecule has 0 N–H and O–H groups in total. The molecule has 0 atom stereocenters. The van der Waals surface area contributed by atoms with Gasteiger partial charge in [-0.15, -0.1) is 0 Å². The number of fused-ring (bicyclic) bond motifs is 14. The molecule has 0 heterocycles. The lowest BCUT2D eigenvalue weighted by atomic mass is 9.70. The van der Waals surface area contributed by atoms with Crippen molar-refractivity contribution in [2.45, 2.75) is 44.7 Å². The Bertz CT molecular complexity index is 3730. The van der Waals surface area contributed by atoms with E-state index in [2.05, 4.69) is 280 Å². The summed E-state index contributed by atoms with van der Waals surface area (Å²) in [5, 5.41) is 10.4. The van der Waals surface area contributed by atoms with Gasteiger partial charge < -0.3 is 9.80 Å². The Morgan fingerprint density at radius 3 is 1.27 bits per heavy atom. The number of hydrogen-bond acceptors (Lipinski definition) is 2. The van der Waals surface area contributed by atoms with Gasteiger partial charge in [0, 0.05) is 34.1 Å². The van der Waals surface area contributed by atoms with E-state index in [9.17, 15) is 0 Å². The lowest BCUT2D eigenvalue weighted by Gasteiger charge is -2.31. The van der Waals surface area contributed by atoms with Crippen LogP contribution in [0.4, 0.5) is 34.1 Å². The van der Waals surface area contributed by atoms with Gasteiger partial charge in [-0.3, -0.25) is 0 Å². The van der Waals surface area contributed by atoms with Gasteiger partial charge in [0.1, 0.15) is 0 Å². The molecule has 0 saturated carbocycles. The Kier molecular flexibility index (Phi) is 9.84. The van der Waals surface area contributed by atoms with Crippen LogP contribution in [0.1, 0.15) is 22.3 Å². The van der Waals surface area contributed by atoms with Gasteiger partial charge in [0.25, 0.3) is 0 Å². The maximum Gasteiger partial charge on any atom is 0.0776 e. The summed E-state index contributed by atoms with van der Waals surface area (Å²) in [6.07, 6.45) is 0. The Morgan fingerprint density at radius 1 is 0.282 bits per heavy atom. The molecule has 0 unspecified atom stereocenters. The fraction of sp³-hybridized carbons (Fsp3) is 0.104. The molecular weight excluding hydrogens is 889 g/mol. The number of benzene rings is 11. The van der Waals surface area contributed by atoms with Gasteiger partial charge in [0.2, 0.25) is 0 Å². The van der Waals surface area contributed by atoms with Crippen LogP contribution >= 0.6 is 0 Å². The van der Waals surface area contributed by atoms with E-state index < -0.39 is 21.6 Å². The van der Waals surface area contributed by atoms with Crippen LogP contribution in [0.5, 0.6) is 0 Å². The first kappa shape index (κ1) is 43.3. The molecule has 0 radical (unpaired) electrons. The quantitative estimate of drug-likeness (QED) is 0.140. The third-order valence-electron chi connectivity index (χ3n) is 15.4. The summed E-state index contributed by atoms with van der Waals surface area (Å²) in [6.45, 7) is 14.6. The lowest BCUT2D eigenvalue weighted by Crippen LogP contribution is -2.37. The van der Waals surface area contributed by atoms with E-state index in [0.29, 0.717) is 0 Å². The second kappa shape index (κ2) is 16.1. The molecule has 0 bridgehead atoms. The smallest absolute Gasteiger partial charge is 0.0776 e. The van der Waals surface area contributed by atoms with E-state index in [1.54, 1.807) is 0 Å². The zero-order valence-electron chi connectivity index (χ0n) is 41.3. The minimum Gasteiger partial charge on any atom is -0.310 e. The van der Waals surface area contributed by atoms with Crippen molar-refractivity contribution in [1.29, 1.82) is 0 Å². The van der Waals surface area contributed by atoms with E-state index >= 15 is 0 Å². The maximum absolute atomic E-state index is 2.55. The summed E-state index contributed by atoms with van der Waals surface area (Å²) in [4.78, 5) is 4.88. The maximum atomic E-state index is 2.55. The van der Waals surface area contributed by atoms with E-state index in [4.69, 9.17) is 0 Å². The normalized spacial score (nSPS) is 13.3. The van der Waals surface area contributed by atoms with E-state index in [1.165, 1.54) is 98.6 Å². The molecule has 11 aromatic carbocycles. The largest absolute Gasteiger partial charge is 0.310 e. The molecule has 0 amide bonds. The number of rotatable bonds is 8. The molecule has 1 spiro atoms. The van der Waals surface area contributed by atoms with Gasteiger partial charge >= 0.3 is 0 Å². The van der Waals surface area contributed by atoms with E-state index in [1.807, 2.05) is 0 Å². The van der Waals surface area contributed by atoms with Gasteiger partial charge in [0.15, 0.2) is 0 Å². The Labute approximate surface area is 420 Å². The van der Waals surface area contributed by atoms with Gasteiger partial charge in [-0.25, -0.2) is 0 Å². The highest BCUT2D eigenvalue weighted by molar-refractivity contribution is 6.89. The van der Waals surface area contributed by atoms with E-state index in [0.717, 1.165) is 22.7 Å². The van der Waals surface area contributed by atoms with Crippen molar-refractivity contribution in [3.8, 4) is 22.3 Å². The summed E-state index contributed by atoms with van der Waals surface area (Å²) >= 11 is 0. The molecule has 0 aromatic heterocycles. The van der Waals surface area contributed by atoms with Gasteiger partial charge in [-0.05, 0) is 174 Å².